The van der Waals surface area contributed by atoms with E-state index in [4.69, 9.17) is 5.73 Å². The molecule has 0 radical (unpaired) electrons. The highest BCUT2D eigenvalue weighted by molar-refractivity contribution is 5.82. The van der Waals surface area contributed by atoms with Crippen LogP contribution in [-0.2, 0) is 11.2 Å². The molecule has 2 rings (SSSR count). The summed E-state index contributed by atoms with van der Waals surface area (Å²) in [5.41, 5.74) is 7.13. The molecule has 21 heavy (non-hydrogen) atoms. The van der Waals surface area contributed by atoms with E-state index in [1.807, 2.05) is 30.3 Å². The van der Waals surface area contributed by atoms with Crippen LogP contribution in [0.2, 0.25) is 0 Å². The van der Waals surface area contributed by atoms with Crippen LogP contribution in [-0.4, -0.2) is 42.5 Å². The highest BCUT2D eigenvalue weighted by atomic mass is 16.2. The summed E-state index contributed by atoms with van der Waals surface area (Å²) in [4.78, 5) is 14.6. The van der Waals surface area contributed by atoms with Gasteiger partial charge in [0, 0.05) is 19.1 Å². The number of carbonyl (C=O) groups is 1. The molecule has 0 spiro atoms. The molecule has 1 fully saturated rings. The first-order valence-electron chi connectivity index (χ1n) is 8.01. The normalized spacial score (nSPS) is 18.4. The van der Waals surface area contributed by atoms with E-state index in [0.29, 0.717) is 6.42 Å². The van der Waals surface area contributed by atoms with Gasteiger partial charge in [0.1, 0.15) is 0 Å². The molecular formula is C17H27N3O. The van der Waals surface area contributed by atoms with Gasteiger partial charge in [-0.3, -0.25) is 4.79 Å². The van der Waals surface area contributed by atoms with Crippen molar-refractivity contribution in [2.75, 3.05) is 19.6 Å². The molecule has 1 aromatic carbocycles. The molecule has 1 aliphatic heterocycles. The molecule has 3 N–H and O–H groups in total. The highest BCUT2D eigenvalue weighted by Gasteiger charge is 2.22. The largest absolute Gasteiger partial charge is 0.352 e. The Labute approximate surface area is 127 Å². The van der Waals surface area contributed by atoms with Crippen LogP contribution < -0.4 is 11.1 Å². The maximum absolute atomic E-state index is 12.2. The summed E-state index contributed by atoms with van der Waals surface area (Å²) in [5.74, 6) is -0.0206. The van der Waals surface area contributed by atoms with Crippen LogP contribution in [0, 0.1) is 0 Å². The lowest BCUT2D eigenvalue weighted by Gasteiger charge is -2.32. The van der Waals surface area contributed by atoms with Crippen LogP contribution in [0.25, 0.3) is 0 Å². The zero-order chi connectivity index (χ0) is 15.1. The van der Waals surface area contributed by atoms with Crippen molar-refractivity contribution in [3.8, 4) is 0 Å². The van der Waals surface area contributed by atoms with Gasteiger partial charge in [0.05, 0.1) is 6.04 Å². The Morgan fingerprint density at radius 1 is 1.33 bits per heavy atom. The second-order valence-corrected chi connectivity index (χ2v) is 5.92. The average molecular weight is 289 g/mol. The van der Waals surface area contributed by atoms with Crippen molar-refractivity contribution in [2.24, 2.45) is 5.73 Å². The van der Waals surface area contributed by atoms with Crippen molar-refractivity contribution in [3.63, 3.8) is 0 Å². The highest BCUT2D eigenvalue weighted by Crippen LogP contribution is 2.11. The van der Waals surface area contributed by atoms with Gasteiger partial charge in [-0.25, -0.2) is 0 Å². The number of amides is 1. The molecule has 0 aliphatic carbocycles. The number of hydrogen-bond acceptors (Lipinski definition) is 3. The standard InChI is InChI=1S/C17H27N3O/c1-2-10-20-11-8-15(9-12-20)19-17(21)16(18)13-14-6-4-3-5-7-14/h3-7,15-16H,2,8-13,18H2,1H3,(H,19,21)/t16-/m0/s1. The molecule has 0 bridgehead atoms. The predicted molar refractivity (Wildman–Crippen MR) is 86.0 cm³/mol. The SMILES string of the molecule is CCCN1CCC(NC(=O)[C@@H](N)Cc2ccccc2)CC1. The topological polar surface area (TPSA) is 58.4 Å². The van der Waals surface area contributed by atoms with E-state index < -0.39 is 6.04 Å². The fourth-order valence-corrected chi connectivity index (χ4v) is 2.89. The minimum atomic E-state index is -0.457. The van der Waals surface area contributed by atoms with Gasteiger partial charge in [0.15, 0.2) is 0 Å². The summed E-state index contributed by atoms with van der Waals surface area (Å²) in [5, 5.41) is 3.11. The molecule has 1 atom stereocenters. The third-order valence-corrected chi connectivity index (χ3v) is 4.11. The maximum atomic E-state index is 12.2. The Balaban J connectivity index is 1.74. The molecule has 4 nitrogen and oxygen atoms in total. The summed E-state index contributed by atoms with van der Waals surface area (Å²) in [7, 11) is 0. The van der Waals surface area contributed by atoms with Gasteiger partial charge in [0.25, 0.3) is 0 Å². The summed E-state index contributed by atoms with van der Waals surface area (Å²) >= 11 is 0. The third-order valence-electron chi connectivity index (χ3n) is 4.11. The van der Waals surface area contributed by atoms with E-state index in [9.17, 15) is 4.79 Å². The monoisotopic (exact) mass is 289 g/mol. The summed E-state index contributed by atoms with van der Waals surface area (Å²) < 4.78 is 0. The van der Waals surface area contributed by atoms with E-state index in [0.717, 1.165) is 38.0 Å². The van der Waals surface area contributed by atoms with Crippen LogP contribution in [0.5, 0.6) is 0 Å². The van der Waals surface area contributed by atoms with E-state index in [2.05, 4.69) is 17.1 Å². The lowest BCUT2D eigenvalue weighted by atomic mass is 10.0. The molecular weight excluding hydrogens is 262 g/mol. The van der Waals surface area contributed by atoms with Crippen LogP contribution in [0.15, 0.2) is 30.3 Å². The molecule has 0 unspecified atom stereocenters. The quantitative estimate of drug-likeness (QED) is 0.835. The maximum Gasteiger partial charge on any atom is 0.237 e. The van der Waals surface area contributed by atoms with Gasteiger partial charge >= 0.3 is 0 Å². The number of rotatable bonds is 6. The molecule has 1 saturated heterocycles. The Bertz CT molecular complexity index is 427. The molecule has 4 heteroatoms. The van der Waals surface area contributed by atoms with Crippen molar-refractivity contribution >= 4 is 5.91 Å². The third kappa shape index (κ3) is 5.14. The van der Waals surface area contributed by atoms with E-state index in [1.165, 1.54) is 6.42 Å². The first-order valence-corrected chi connectivity index (χ1v) is 8.01. The van der Waals surface area contributed by atoms with Crippen molar-refractivity contribution < 1.29 is 4.79 Å². The average Bonchev–Trinajstić information content (AvgIpc) is 2.50. The van der Waals surface area contributed by atoms with E-state index >= 15 is 0 Å². The molecule has 0 aromatic heterocycles. The van der Waals surface area contributed by atoms with E-state index in [-0.39, 0.29) is 11.9 Å². The molecule has 116 valence electrons. The van der Waals surface area contributed by atoms with Crippen LogP contribution >= 0.6 is 0 Å². The number of carbonyl (C=O) groups excluding carboxylic acids is 1. The van der Waals surface area contributed by atoms with E-state index in [1.54, 1.807) is 0 Å². The smallest absolute Gasteiger partial charge is 0.237 e. The van der Waals surface area contributed by atoms with Crippen molar-refractivity contribution in [2.45, 2.75) is 44.7 Å². The lowest BCUT2D eigenvalue weighted by Crippen LogP contribution is -2.50. The van der Waals surface area contributed by atoms with Gasteiger partial charge in [-0.1, -0.05) is 37.3 Å². The zero-order valence-corrected chi connectivity index (χ0v) is 12.9. The second kappa shape index (κ2) is 8.15. The second-order valence-electron chi connectivity index (χ2n) is 5.92. The Hall–Kier alpha value is -1.39. The summed E-state index contributed by atoms with van der Waals surface area (Å²) in [6.07, 6.45) is 3.86. The zero-order valence-electron chi connectivity index (χ0n) is 12.9. The predicted octanol–water partition coefficient (Wildman–Crippen LogP) is 1.55. The lowest BCUT2D eigenvalue weighted by molar-refractivity contribution is -0.123. The fourth-order valence-electron chi connectivity index (χ4n) is 2.89. The molecule has 1 heterocycles. The Morgan fingerprint density at radius 3 is 2.62 bits per heavy atom. The number of nitrogens with zero attached hydrogens (tertiary/aromatic N) is 1. The molecule has 0 saturated carbocycles. The van der Waals surface area contributed by atoms with Crippen LogP contribution in [0.1, 0.15) is 31.7 Å². The minimum Gasteiger partial charge on any atom is -0.352 e. The van der Waals surface area contributed by atoms with Gasteiger partial charge in [-0.2, -0.15) is 0 Å². The van der Waals surface area contributed by atoms with Crippen LogP contribution in [0.3, 0.4) is 0 Å². The van der Waals surface area contributed by atoms with Crippen LogP contribution in [0.4, 0.5) is 0 Å². The number of nitrogens with two attached hydrogens (primary N) is 1. The number of likely N-dealkylation sites (tertiary alicyclic amines) is 1. The summed E-state index contributed by atoms with van der Waals surface area (Å²) in [6.45, 7) is 5.52. The van der Waals surface area contributed by atoms with Crippen molar-refractivity contribution in [1.29, 1.82) is 0 Å². The van der Waals surface area contributed by atoms with Crippen molar-refractivity contribution in [3.05, 3.63) is 35.9 Å². The first-order chi connectivity index (χ1) is 10.2. The molecule has 1 amide bonds. The minimum absolute atomic E-state index is 0.0206. The van der Waals surface area contributed by atoms with Gasteiger partial charge in [-0.15, -0.1) is 0 Å². The Kier molecular flexibility index (Phi) is 6.21. The van der Waals surface area contributed by atoms with Gasteiger partial charge in [-0.05, 0) is 37.8 Å². The number of hydrogen-bond donors (Lipinski definition) is 2. The first kappa shape index (κ1) is 16.0. The Morgan fingerprint density at radius 2 is 2.00 bits per heavy atom. The number of piperidine rings is 1. The van der Waals surface area contributed by atoms with Gasteiger partial charge < -0.3 is 16.0 Å². The van der Waals surface area contributed by atoms with Crippen molar-refractivity contribution in [1.82, 2.24) is 10.2 Å². The number of nitrogens with one attached hydrogen (secondary N) is 1. The molecule has 1 aromatic rings. The number of benzene rings is 1. The summed E-state index contributed by atoms with van der Waals surface area (Å²) in [6, 6.07) is 9.77. The fraction of sp³-hybridized carbons (Fsp3) is 0.588. The molecule has 1 aliphatic rings. The van der Waals surface area contributed by atoms with Gasteiger partial charge in [0.2, 0.25) is 5.91 Å².